The fraction of sp³-hybridized carbons (Fsp3) is 0.364. The molecular formula is C11H15NO6S. The number of aliphatic carboxylic acids is 1. The Kier molecular flexibility index (Phi) is 5.13. The predicted octanol–water partition coefficient (Wildman–Crippen LogP) is 0.208. The van der Waals surface area contributed by atoms with Crippen LogP contribution in [0, 0.1) is 0 Å². The molecule has 0 amide bonds. The molecule has 0 aromatic heterocycles. The molecule has 1 rings (SSSR count). The Morgan fingerprint density at radius 2 is 1.89 bits per heavy atom. The average molecular weight is 289 g/mol. The van der Waals surface area contributed by atoms with Gasteiger partial charge in [-0.1, -0.05) is 6.07 Å². The van der Waals surface area contributed by atoms with E-state index in [1.807, 2.05) is 0 Å². The first-order valence-corrected chi connectivity index (χ1v) is 6.93. The topological polar surface area (TPSA) is 102 Å². The molecule has 0 aliphatic rings. The standard InChI is InChI=1S/C11H15NO6S/c1-17-9-4-3-8(5-10(9)18-2)6-12-19(15,16)7-11(13)14/h3-5,12H,6-7H2,1-2H3,(H,13,14). The minimum atomic E-state index is -3.84. The van der Waals surface area contributed by atoms with E-state index in [0.29, 0.717) is 17.1 Å². The smallest absolute Gasteiger partial charge is 0.320 e. The second kappa shape index (κ2) is 6.39. The number of hydrogen-bond donors (Lipinski definition) is 2. The first-order chi connectivity index (χ1) is 8.88. The molecule has 0 aliphatic heterocycles. The number of rotatable bonds is 7. The highest BCUT2D eigenvalue weighted by molar-refractivity contribution is 7.90. The molecule has 7 nitrogen and oxygen atoms in total. The molecule has 2 N–H and O–H groups in total. The molecule has 0 spiro atoms. The summed E-state index contributed by atoms with van der Waals surface area (Å²) in [5.74, 6) is -1.36. The van der Waals surface area contributed by atoms with Gasteiger partial charge in [-0.15, -0.1) is 0 Å². The number of ether oxygens (including phenoxy) is 2. The Morgan fingerprint density at radius 3 is 2.42 bits per heavy atom. The minimum absolute atomic E-state index is 0.0179. The van der Waals surface area contributed by atoms with Gasteiger partial charge in [-0.2, -0.15) is 0 Å². The SMILES string of the molecule is COc1ccc(CNS(=O)(=O)CC(=O)O)cc1OC. The molecule has 0 saturated carbocycles. The van der Waals surface area contributed by atoms with Crippen molar-refractivity contribution >= 4 is 16.0 Å². The summed E-state index contributed by atoms with van der Waals surface area (Å²) in [5, 5.41) is 8.44. The second-order valence-corrected chi connectivity index (χ2v) is 5.47. The number of hydrogen-bond acceptors (Lipinski definition) is 5. The van der Waals surface area contributed by atoms with Gasteiger partial charge in [0.15, 0.2) is 17.3 Å². The van der Waals surface area contributed by atoms with Gasteiger partial charge in [0.1, 0.15) is 0 Å². The third-order valence-corrected chi connectivity index (χ3v) is 3.47. The maximum absolute atomic E-state index is 11.3. The van der Waals surface area contributed by atoms with E-state index >= 15 is 0 Å². The molecule has 0 radical (unpaired) electrons. The van der Waals surface area contributed by atoms with Crippen LogP contribution in [0.4, 0.5) is 0 Å². The molecule has 0 heterocycles. The quantitative estimate of drug-likeness (QED) is 0.744. The van der Waals surface area contributed by atoms with Crippen LogP contribution < -0.4 is 14.2 Å². The van der Waals surface area contributed by atoms with Crippen LogP contribution in [0.3, 0.4) is 0 Å². The van der Waals surface area contributed by atoms with Crippen molar-refractivity contribution in [3.05, 3.63) is 23.8 Å². The number of carboxylic acids is 1. The molecule has 0 unspecified atom stereocenters. The van der Waals surface area contributed by atoms with Crippen molar-refractivity contribution in [1.29, 1.82) is 0 Å². The molecule has 106 valence electrons. The number of methoxy groups -OCH3 is 2. The molecule has 0 bridgehead atoms. The lowest BCUT2D eigenvalue weighted by Crippen LogP contribution is -2.29. The summed E-state index contributed by atoms with van der Waals surface area (Å²) >= 11 is 0. The van der Waals surface area contributed by atoms with Crippen LogP contribution in [0.1, 0.15) is 5.56 Å². The fourth-order valence-electron chi connectivity index (χ4n) is 1.40. The van der Waals surface area contributed by atoms with Gasteiger partial charge < -0.3 is 14.6 Å². The van der Waals surface area contributed by atoms with Gasteiger partial charge in [0, 0.05) is 6.54 Å². The number of benzene rings is 1. The van der Waals surface area contributed by atoms with Gasteiger partial charge in [0.05, 0.1) is 14.2 Å². The number of carbonyl (C=O) groups is 1. The van der Waals surface area contributed by atoms with Gasteiger partial charge in [0.2, 0.25) is 10.0 Å². The zero-order valence-corrected chi connectivity index (χ0v) is 11.4. The highest BCUT2D eigenvalue weighted by Gasteiger charge is 2.15. The average Bonchev–Trinajstić information content (AvgIpc) is 2.34. The molecule has 0 atom stereocenters. The number of sulfonamides is 1. The highest BCUT2D eigenvalue weighted by atomic mass is 32.2. The lowest BCUT2D eigenvalue weighted by molar-refractivity contribution is -0.134. The van der Waals surface area contributed by atoms with Gasteiger partial charge in [-0.3, -0.25) is 4.79 Å². The van der Waals surface area contributed by atoms with Crippen LogP contribution in [0.5, 0.6) is 11.5 Å². The van der Waals surface area contributed by atoms with E-state index in [1.165, 1.54) is 14.2 Å². The van der Waals surface area contributed by atoms with Crippen molar-refractivity contribution in [2.75, 3.05) is 20.0 Å². The third kappa shape index (κ3) is 4.76. The molecule has 0 aliphatic carbocycles. The van der Waals surface area contributed by atoms with Crippen molar-refractivity contribution in [2.45, 2.75) is 6.54 Å². The lowest BCUT2D eigenvalue weighted by Gasteiger charge is -2.10. The van der Waals surface area contributed by atoms with Crippen LogP contribution in [0.15, 0.2) is 18.2 Å². The van der Waals surface area contributed by atoms with Crippen molar-refractivity contribution in [3.8, 4) is 11.5 Å². The zero-order chi connectivity index (χ0) is 14.5. The van der Waals surface area contributed by atoms with E-state index in [1.54, 1.807) is 18.2 Å². The van der Waals surface area contributed by atoms with E-state index in [2.05, 4.69) is 4.72 Å². The lowest BCUT2D eigenvalue weighted by atomic mass is 10.2. The molecule has 8 heteroatoms. The summed E-state index contributed by atoms with van der Waals surface area (Å²) < 4.78 is 35.0. The summed E-state index contributed by atoms with van der Waals surface area (Å²) in [7, 11) is -0.874. The van der Waals surface area contributed by atoms with Gasteiger partial charge in [-0.25, -0.2) is 13.1 Å². The molecule has 19 heavy (non-hydrogen) atoms. The van der Waals surface area contributed by atoms with Crippen molar-refractivity contribution in [3.63, 3.8) is 0 Å². The summed E-state index contributed by atoms with van der Waals surface area (Å²) in [6, 6.07) is 4.91. The molecule has 0 saturated heterocycles. The van der Waals surface area contributed by atoms with E-state index < -0.39 is 21.7 Å². The third-order valence-electron chi connectivity index (χ3n) is 2.26. The summed E-state index contributed by atoms with van der Waals surface area (Å²) in [6.07, 6.45) is 0. The van der Waals surface area contributed by atoms with Gasteiger partial charge in [-0.05, 0) is 17.7 Å². The van der Waals surface area contributed by atoms with Crippen molar-refractivity contribution in [1.82, 2.24) is 4.72 Å². The van der Waals surface area contributed by atoms with Crippen LogP contribution in [0.2, 0.25) is 0 Å². The zero-order valence-electron chi connectivity index (χ0n) is 10.5. The maximum atomic E-state index is 11.3. The predicted molar refractivity (Wildman–Crippen MR) is 67.8 cm³/mol. The van der Waals surface area contributed by atoms with E-state index in [9.17, 15) is 13.2 Å². The Labute approximate surface area is 111 Å². The number of nitrogens with one attached hydrogen (secondary N) is 1. The van der Waals surface area contributed by atoms with Crippen LogP contribution in [-0.4, -0.2) is 39.5 Å². The first-order valence-electron chi connectivity index (χ1n) is 5.28. The molecular weight excluding hydrogens is 274 g/mol. The maximum Gasteiger partial charge on any atom is 0.320 e. The number of carboxylic acid groups (broad SMARTS) is 1. The summed E-state index contributed by atoms with van der Waals surface area (Å²) in [4.78, 5) is 10.4. The highest BCUT2D eigenvalue weighted by Crippen LogP contribution is 2.27. The summed E-state index contributed by atoms with van der Waals surface area (Å²) in [5.41, 5.74) is 0.631. The monoisotopic (exact) mass is 289 g/mol. The Balaban J connectivity index is 2.76. The Bertz CT molecular complexity index is 554. The van der Waals surface area contributed by atoms with Gasteiger partial charge >= 0.3 is 5.97 Å². The van der Waals surface area contributed by atoms with Crippen LogP contribution in [0.25, 0.3) is 0 Å². The van der Waals surface area contributed by atoms with Crippen molar-refractivity contribution < 1.29 is 27.8 Å². The van der Waals surface area contributed by atoms with E-state index in [4.69, 9.17) is 14.6 Å². The molecule has 1 aromatic carbocycles. The largest absolute Gasteiger partial charge is 0.493 e. The Hall–Kier alpha value is -1.80. The van der Waals surface area contributed by atoms with E-state index in [0.717, 1.165) is 0 Å². The van der Waals surface area contributed by atoms with Gasteiger partial charge in [0.25, 0.3) is 0 Å². The summed E-state index contributed by atoms with van der Waals surface area (Å²) in [6.45, 7) is -0.0179. The minimum Gasteiger partial charge on any atom is -0.493 e. The first kappa shape index (κ1) is 15.3. The Morgan fingerprint density at radius 1 is 1.26 bits per heavy atom. The second-order valence-electron chi connectivity index (χ2n) is 3.66. The van der Waals surface area contributed by atoms with Crippen LogP contribution in [-0.2, 0) is 21.4 Å². The van der Waals surface area contributed by atoms with Crippen LogP contribution >= 0.6 is 0 Å². The molecule has 1 aromatic rings. The normalized spacial score (nSPS) is 11.1. The fourth-order valence-corrected chi connectivity index (χ4v) is 2.21. The molecule has 0 fully saturated rings. The van der Waals surface area contributed by atoms with Crippen molar-refractivity contribution in [2.24, 2.45) is 0 Å². The van der Waals surface area contributed by atoms with E-state index in [-0.39, 0.29) is 6.54 Å².